The van der Waals surface area contributed by atoms with Gasteiger partial charge in [-0.25, -0.2) is 14.0 Å². The molecule has 0 radical (unpaired) electrons. The lowest BCUT2D eigenvalue weighted by Crippen LogP contribution is -2.19. The number of carbonyl (C=O) groups is 1. The molecule has 6 nitrogen and oxygen atoms in total. The van der Waals surface area contributed by atoms with Gasteiger partial charge in [-0.2, -0.15) is 0 Å². The lowest BCUT2D eigenvalue weighted by molar-refractivity contribution is 0.262. The van der Waals surface area contributed by atoms with Gasteiger partial charge in [0.05, 0.1) is 11.0 Å². The predicted octanol–water partition coefficient (Wildman–Crippen LogP) is 2.95. The minimum Gasteiger partial charge on any atom is -0.308 e. The Kier molecular flexibility index (Phi) is 3.38. The molecular weight excluding hydrogens is 287 g/mol. The van der Waals surface area contributed by atoms with E-state index in [0.717, 1.165) is 5.56 Å². The number of amides is 2. The zero-order valence-corrected chi connectivity index (χ0v) is 11.7. The first kappa shape index (κ1) is 13.9. The standard InChI is InChI=1S/C15H13FN4O2/c1-8-6-12-13(20-15(22)19-12)7-11(8)18-14(21)17-10-4-2-9(16)3-5-10/h2-7H,1H3,(H2,17,18,21)(H2,19,20,22). The van der Waals surface area contributed by atoms with E-state index in [9.17, 15) is 14.0 Å². The van der Waals surface area contributed by atoms with Crippen molar-refractivity contribution < 1.29 is 9.18 Å². The molecule has 2 aromatic carbocycles. The highest BCUT2D eigenvalue weighted by Gasteiger charge is 2.08. The summed E-state index contributed by atoms with van der Waals surface area (Å²) in [6, 6.07) is 8.44. The van der Waals surface area contributed by atoms with Gasteiger partial charge in [0, 0.05) is 11.4 Å². The van der Waals surface area contributed by atoms with Crippen molar-refractivity contribution in [1.82, 2.24) is 9.97 Å². The fourth-order valence-corrected chi connectivity index (χ4v) is 2.14. The van der Waals surface area contributed by atoms with Crippen LogP contribution in [0.2, 0.25) is 0 Å². The molecule has 0 spiro atoms. The third-order valence-corrected chi connectivity index (χ3v) is 3.21. The Morgan fingerprint density at radius 1 is 1.05 bits per heavy atom. The van der Waals surface area contributed by atoms with E-state index in [1.54, 1.807) is 12.1 Å². The topological polar surface area (TPSA) is 89.8 Å². The van der Waals surface area contributed by atoms with E-state index >= 15 is 0 Å². The molecule has 3 rings (SSSR count). The Morgan fingerprint density at radius 2 is 1.68 bits per heavy atom. The van der Waals surface area contributed by atoms with Crippen molar-refractivity contribution in [1.29, 1.82) is 0 Å². The second-order valence-corrected chi connectivity index (χ2v) is 4.88. The summed E-state index contributed by atoms with van der Waals surface area (Å²) >= 11 is 0. The summed E-state index contributed by atoms with van der Waals surface area (Å²) in [6.45, 7) is 1.82. The number of imidazole rings is 1. The number of nitrogens with one attached hydrogen (secondary N) is 4. The maximum Gasteiger partial charge on any atom is 0.323 e. The summed E-state index contributed by atoms with van der Waals surface area (Å²) in [4.78, 5) is 28.5. The van der Waals surface area contributed by atoms with Gasteiger partial charge in [-0.05, 0) is 48.9 Å². The van der Waals surface area contributed by atoms with Crippen molar-refractivity contribution in [2.75, 3.05) is 10.6 Å². The summed E-state index contributed by atoms with van der Waals surface area (Å²) in [5.74, 6) is -0.372. The number of carbonyl (C=O) groups excluding carboxylic acids is 1. The molecule has 1 heterocycles. The largest absolute Gasteiger partial charge is 0.323 e. The van der Waals surface area contributed by atoms with Gasteiger partial charge < -0.3 is 20.6 Å². The van der Waals surface area contributed by atoms with Crippen molar-refractivity contribution in [2.24, 2.45) is 0 Å². The first-order valence-corrected chi connectivity index (χ1v) is 6.57. The van der Waals surface area contributed by atoms with Crippen LogP contribution in [0.4, 0.5) is 20.6 Å². The highest BCUT2D eigenvalue weighted by Crippen LogP contribution is 2.20. The average molecular weight is 300 g/mol. The van der Waals surface area contributed by atoms with Crippen LogP contribution in [-0.2, 0) is 0 Å². The number of hydrogen-bond acceptors (Lipinski definition) is 2. The van der Waals surface area contributed by atoms with E-state index in [1.807, 2.05) is 6.92 Å². The smallest absolute Gasteiger partial charge is 0.308 e. The molecule has 3 aromatic rings. The first-order chi connectivity index (χ1) is 10.5. The molecule has 2 amide bonds. The van der Waals surface area contributed by atoms with Crippen molar-refractivity contribution in [3.05, 3.63) is 58.3 Å². The van der Waals surface area contributed by atoms with Crippen LogP contribution in [-0.4, -0.2) is 16.0 Å². The van der Waals surface area contributed by atoms with Crippen LogP contribution in [0.5, 0.6) is 0 Å². The number of aryl methyl sites for hydroxylation is 1. The van der Waals surface area contributed by atoms with E-state index < -0.39 is 6.03 Å². The van der Waals surface area contributed by atoms with Crippen LogP contribution in [0.15, 0.2) is 41.2 Å². The van der Waals surface area contributed by atoms with E-state index in [0.29, 0.717) is 22.4 Å². The molecule has 0 bridgehead atoms. The Bertz CT molecular complexity index is 896. The molecule has 0 atom stereocenters. The summed E-state index contributed by atoms with van der Waals surface area (Å²) in [5, 5.41) is 5.30. The number of anilines is 2. The molecule has 22 heavy (non-hydrogen) atoms. The summed E-state index contributed by atoms with van der Waals surface area (Å²) < 4.78 is 12.8. The highest BCUT2D eigenvalue weighted by molar-refractivity contribution is 6.01. The average Bonchev–Trinajstić information content (AvgIpc) is 2.81. The first-order valence-electron chi connectivity index (χ1n) is 6.57. The minimum absolute atomic E-state index is 0.303. The van der Waals surface area contributed by atoms with Gasteiger partial charge >= 0.3 is 11.7 Å². The number of benzene rings is 2. The van der Waals surface area contributed by atoms with Crippen LogP contribution >= 0.6 is 0 Å². The fraction of sp³-hybridized carbons (Fsp3) is 0.0667. The van der Waals surface area contributed by atoms with Crippen LogP contribution in [0.1, 0.15) is 5.56 Å². The Labute approximate surface area is 124 Å². The molecule has 0 fully saturated rings. The van der Waals surface area contributed by atoms with Gasteiger partial charge in [0.1, 0.15) is 5.82 Å². The third kappa shape index (κ3) is 2.83. The zero-order chi connectivity index (χ0) is 15.7. The molecule has 0 saturated heterocycles. The Balaban J connectivity index is 1.79. The maximum atomic E-state index is 12.8. The summed E-state index contributed by atoms with van der Waals surface area (Å²) in [7, 11) is 0. The Morgan fingerprint density at radius 3 is 2.36 bits per heavy atom. The van der Waals surface area contributed by atoms with E-state index in [-0.39, 0.29) is 11.5 Å². The van der Waals surface area contributed by atoms with Crippen LogP contribution in [0, 0.1) is 12.7 Å². The molecule has 0 aliphatic carbocycles. The summed E-state index contributed by atoms with van der Waals surface area (Å²) in [5.41, 5.74) is 2.83. The van der Waals surface area contributed by atoms with E-state index in [2.05, 4.69) is 20.6 Å². The van der Waals surface area contributed by atoms with Gasteiger partial charge in [0.15, 0.2) is 0 Å². The number of aromatic amines is 2. The lowest BCUT2D eigenvalue weighted by Gasteiger charge is -2.10. The number of halogens is 1. The number of rotatable bonds is 2. The molecule has 0 aliphatic heterocycles. The van der Waals surface area contributed by atoms with Crippen molar-refractivity contribution in [3.8, 4) is 0 Å². The molecule has 112 valence electrons. The minimum atomic E-state index is -0.452. The second kappa shape index (κ2) is 5.36. The van der Waals surface area contributed by atoms with Crippen molar-refractivity contribution >= 4 is 28.4 Å². The van der Waals surface area contributed by atoms with Crippen molar-refractivity contribution in [2.45, 2.75) is 6.92 Å². The van der Waals surface area contributed by atoms with Gasteiger partial charge in [0.2, 0.25) is 0 Å². The molecular formula is C15H13FN4O2. The fourth-order valence-electron chi connectivity index (χ4n) is 2.14. The van der Waals surface area contributed by atoms with Crippen LogP contribution in [0.25, 0.3) is 11.0 Å². The molecule has 0 saturated carbocycles. The van der Waals surface area contributed by atoms with E-state index in [1.165, 1.54) is 24.3 Å². The maximum absolute atomic E-state index is 12.8. The molecule has 1 aromatic heterocycles. The van der Waals surface area contributed by atoms with Crippen molar-refractivity contribution in [3.63, 3.8) is 0 Å². The number of urea groups is 1. The van der Waals surface area contributed by atoms with Crippen LogP contribution in [0.3, 0.4) is 0 Å². The summed E-state index contributed by atoms with van der Waals surface area (Å²) in [6.07, 6.45) is 0. The molecule has 0 unspecified atom stereocenters. The SMILES string of the molecule is Cc1cc2[nH]c(=O)[nH]c2cc1NC(=O)Nc1ccc(F)cc1. The van der Waals surface area contributed by atoms with Gasteiger partial charge in [0.25, 0.3) is 0 Å². The second-order valence-electron chi connectivity index (χ2n) is 4.88. The highest BCUT2D eigenvalue weighted by atomic mass is 19.1. The molecule has 0 aliphatic rings. The Hall–Kier alpha value is -3.09. The monoisotopic (exact) mass is 300 g/mol. The van der Waals surface area contributed by atoms with Gasteiger partial charge in [-0.15, -0.1) is 0 Å². The number of hydrogen-bond donors (Lipinski definition) is 4. The molecule has 7 heteroatoms. The molecule has 4 N–H and O–H groups in total. The normalized spacial score (nSPS) is 10.6. The third-order valence-electron chi connectivity index (χ3n) is 3.21. The number of aromatic nitrogens is 2. The van der Waals surface area contributed by atoms with Gasteiger partial charge in [-0.1, -0.05) is 0 Å². The quantitative estimate of drug-likeness (QED) is 0.586. The van der Waals surface area contributed by atoms with Gasteiger partial charge in [-0.3, -0.25) is 0 Å². The zero-order valence-electron chi connectivity index (χ0n) is 11.7. The van der Waals surface area contributed by atoms with Crippen LogP contribution < -0.4 is 16.3 Å². The number of H-pyrrole nitrogens is 2. The number of fused-ring (bicyclic) bond motifs is 1. The predicted molar refractivity (Wildman–Crippen MR) is 82.7 cm³/mol. The lowest BCUT2D eigenvalue weighted by atomic mass is 10.2. The van der Waals surface area contributed by atoms with E-state index in [4.69, 9.17) is 0 Å².